The van der Waals surface area contributed by atoms with E-state index >= 15 is 0 Å². The van der Waals surface area contributed by atoms with Crippen LogP contribution in [0, 0.1) is 13.8 Å². The molecule has 1 N–H and O–H groups in total. The van der Waals surface area contributed by atoms with Gasteiger partial charge in [-0.25, -0.2) is 9.78 Å². The lowest BCUT2D eigenvalue weighted by atomic mass is 10.0. The van der Waals surface area contributed by atoms with E-state index in [1.54, 1.807) is 17.4 Å². The predicted octanol–water partition coefficient (Wildman–Crippen LogP) is 3.20. The number of carbonyl (C=O) groups is 1. The number of ether oxygens (including phenoxy) is 1. The highest BCUT2D eigenvalue weighted by Crippen LogP contribution is 2.33. The normalized spacial score (nSPS) is 14.1. The van der Waals surface area contributed by atoms with Gasteiger partial charge in [0.1, 0.15) is 5.01 Å². The van der Waals surface area contributed by atoms with Gasteiger partial charge in [-0.15, -0.1) is 11.3 Å². The molecule has 3 rings (SSSR count). The van der Waals surface area contributed by atoms with E-state index in [-0.39, 0.29) is 0 Å². The van der Waals surface area contributed by atoms with Gasteiger partial charge in [0, 0.05) is 12.0 Å². The molecule has 1 aromatic carbocycles. The van der Waals surface area contributed by atoms with E-state index < -0.39 is 5.97 Å². The summed E-state index contributed by atoms with van der Waals surface area (Å²) in [6.07, 6.45) is 0.836. The molecule has 2 heterocycles. The smallest absolute Gasteiger partial charge is 0.335 e. The number of benzene rings is 1. The van der Waals surface area contributed by atoms with Gasteiger partial charge in [-0.2, -0.15) is 0 Å². The monoisotopic (exact) mass is 289 g/mol. The lowest BCUT2D eigenvalue weighted by Crippen LogP contribution is -2.07. The van der Waals surface area contributed by atoms with Gasteiger partial charge in [0.05, 0.1) is 29.3 Å². The molecule has 0 atom stereocenters. The largest absolute Gasteiger partial charge is 0.478 e. The molecule has 20 heavy (non-hydrogen) atoms. The molecule has 104 valence electrons. The van der Waals surface area contributed by atoms with Crippen molar-refractivity contribution in [2.75, 3.05) is 6.61 Å². The minimum Gasteiger partial charge on any atom is -0.478 e. The van der Waals surface area contributed by atoms with E-state index in [0.717, 1.165) is 38.7 Å². The number of hydrogen-bond acceptors (Lipinski definition) is 4. The fourth-order valence-electron chi connectivity index (χ4n) is 2.45. The fourth-order valence-corrected chi connectivity index (χ4v) is 3.58. The average molecular weight is 289 g/mol. The molecule has 0 saturated heterocycles. The van der Waals surface area contributed by atoms with Crippen molar-refractivity contribution in [3.63, 3.8) is 0 Å². The third-order valence-electron chi connectivity index (χ3n) is 3.53. The van der Waals surface area contributed by atoms with Crippen LogP contribution in [0.1, 0.15) is 32.1 Å². The summed E-state index contributed by atoms with van der Waals surface area (Å²) < 4.78 is 5.43. The van der Waals surface area contributed by atoms with Gasteiger partial charge < -0.3 is 9.84 Å². The Kier molecular flexibility index (Phi) is 3.31. The molecule has 0 spiro atoms. The number of aryl methyl sites for hydroxylation is 2. The van der Waals surface area contributed by atoms with Crippen molar-refractivity contribution in [3.05, 3.63) is 39.4 Å². The minimum absolute atomic E-state index is 0.343. The molecule has 2 aromatic rings. The van der Waals surface area contributed by atoms with Crippen molar-refractivity contribution in [1.29, 1.82) is 0 Å². The lowest BCUT2D eigenvalue weighted by Gasteiger charge is -2.08. The summed E-state index contributed by atoms with van der Waals surface area (Å²) in [4.78, 5) is 17.1. The molecule has 0 unspecified atom stereocenters. The second-order valence-electron chi connectivity index (χ2n) is 4.98. The van der Waals surface area contributed by atoms with Crippen LogP contribution < -0.4 is 0 Å². The number of fused-ring (bicyclic) bond motifs is 1. The van der Waals surface area contributed by atoms with Crippen LogP contribution in [-0.4, -0.2) is 22.7 Å². The maximum Gasteiger partial charge on any atom is 0.335 e. The number of nitrogens with zero attached hydrogens (tertiary/aromatic N) is 1. The second-order valence-corrected chi connectivity index (χ2v) is 6.06. The predicted molar refractivity (Wildman–Crippen MR) is 77.3 cm³/mol. The van der Waals surface area contributed by atoms with E-state index in [2.05, 4.69) is 4.98 Å². The maximum absolute atomic E-state index is 11.3. The molecule has 0 saturated carbocycles. The van der Waals surface area contributed by atoms with Gasteiger partial charge in [0.2, 0.25) is 0 Å². The molecule has 0 fully saturated rings. The Morgan fingerprint density at radius 1 is 1.35 bits per heavy atom. The summed E-state index contributed by atoms with van der Waals surface area (Å²) in [6.45, 7) is 5.14. The summed E-state index contributed by atoms with van der Waals surface area (Å²) in [5.41, 5.74) is 4.18. The van der Waals surface area contributed by atoms with E-state index in [1.807, 2.05) is 19.9 Å². The molecular formula is C15H15NO3S. The Balaban J connectivity index is 2.11. The molecule has 4 nitrogen and oxygen atoms in total. The Morgan fingerprint density at radius 3 is 2.85 bits per heavy atom. The number of carboxylic acids is 1. The molecule has 1 aliphatic heterocycles. The molecule has 0 bridgehead atoms. The van der Waals surface area contributed by atoms with Crippen molar-refractivity contribution >= 4 is 17.3 Å². The molecule has 1 aromatic heterocycles. The second kappa shape index (κ2) is 5.00. The van der Waals surface area contributed by atoms with Crippen molar-refractivity contribution in [3.8, 4) is 10.6 Å². The van der Waals surface area contributed by atoms with Crippen LogP contribution in [-0.2, 0) is 17.8 Å². The summed E-state index contributed by atoms with van der Waals surface area (Å²) in [5.74, 6) is -0.895. The van der Waals surface area contributed by atoms with Crippen molar-refractivity contribution in [2.45, 2.75) is 26.9 Å². The van der Waals surface area contributed by atoms with Gasteiger partial charge in [0.25, 0.3) is 0 Å². The maximum atomic E-state index is 11.3. The third-order valence-corrected chi connectivity index (χ3v) is 4.63. The number of rotatable bonds is 2. The highest BCUT2D eigenvalue weighted by Gasteiger charge is 2.19. The minimum atomic E-state index is -0.895. The first-order valence-electron chi connectivity index (χ1n) is 6.47. The Hall–Kier alpha value is -1.72. The van der Waals surface area contributed by atoms with Crippen LogP contribution in [0.2, 0.25) is 0 Å². The van der Waals surface area contributed by atoms with Gasteiger partial charge in [-0.3, -0.25) is 0 Å². The van der Waals surface area contributed by atoms with Gasteiger partial charge in [0.15, 0.2) is 0 Å². The van der Waals surface area contributed by atoms with E-state index in [1.165, 1.54) is 0 Å². The van der Waals surface area contributed by atoms with E-state index in [4.69, 9.17) is 4.74 Å². The summed E-state index contributed by atoms with van der Waals surface area (Å²) in [5, 5.41) is 10.1. The molecule has 5 heteroatoms. The number of aromatic nitrogens is 1. The topological polar surface area (TPSA) is 59.4 Å². The first kappa shape index (κ1) is 13.3. The van der Waals surface area contributed by atoms with Crippen LogP contribution in [0.25, 0.3) is 10.6 Å². The van der Waals surface area contributed by atoms with Crippen LogP contribution in [0.4, 0.5) is 0 Å². The molecule has 0 radical (unpaired) electrons. The Labute approximate surface area is 121 Å². The highest BCUT2D eigenvalue weighted by atomic mass is 32.1. The molecular weight excluding hydrogens is 274 g/mol. The first-order valence-corrected chi connectivity index (χ1v) is 7.29. The standard InChI is InChI=1S/C15H15NO3S/c1-8-5-9(2)11(15(17)18)6-10(8)14-16-12-3-4-19-7-13(12)20-14/h5-6H,3-4,7H2,1-2H3,(H,17,18). The van der Waals surface area contributed by atoms with Crippen molar-refractivity contribution in [1.82, 2.24) is 4.98 Å². The van der Waals surface area contributed by atoms with E-state index in [0.29, 0.717) is 18.8 Å². The summed E-state index contributed by atoms with van der Waals surface area (Å²) in [7, 11) is 0. The zero-order chi connectivity index (χ0) is 14.3. The van der Waals surface area contributed by atoms with Gasteiger partial charge in [-0.05, 0) is 31.0 Å². The first-order chi connectivity index (χ1) is 9.56. The summed E-state index contributed by atoms with van der Waals surface area (Å²) >= 11 is 1.60. The van der Waals surface area contributed by atoms with Gasteiger partial charge >= 0.3 is 5.97 Å². The molecule has 0 amide bonds. The quantitative estimate of drug-likeness (QED) is 0.922. The van der Waals surface area contributed by atoms with Crippen LogP contribution in [0.3, 0.4) is 0 Å². The molecule has 1 aliphatic rings. The zero-order valence-corrected chi connectivity index (χ0v) is 12.2. The summed E-state index contributed by atoms with van der Waals surface area (Å²) in [6, 6.07) is 3.65. The highest BCUT2D eigenvalue weighted by molar-refractivity contribution is 7.15. The van der Waals surface area contributed by atoms with E-state index in [9.17, 15) is 9.90 Å². The number of thiazole rings is 1. The SMILES string of the molecule is Cc1cc(C)c(-c2nc3c(s2)COCC3)cc1C(=O)O. The number of aromatic carboxylic acids is 1. The third kappa shape index (κ3) is 2.23. The number of carboxylic acid groups (broad SMARTS) is 1. The fraction of sp³-hybridized carbons (Fsp3) is 0.333. The van der Waals surface area contributed by atoms with Gasteiger partial charge in [-0.1, -0.05) is 6.07 Å². The Bertz CT molecular complexity index is 667. The Morgan fingerprint density at radius 2 is 2.15 bits per heavy atom. The van der Waals surface area contributed by atoms with Crippen molar-refractivity contribution < 1.29 is 14.6 Å². The van der Waals surface area contributed by atoms with Crippen molar-refractivity contribution in [2.24, 2.45) is 0 Å². The van der Waals surface area contributed by atoms with Crippen LogP contribution in [0.5, 0.6) is 0 Å². The zero-order valence-electron chi connectivity index (χ0n) is 11.4. The lowest BCUT2D eigenvalue weighted by molar-refractivity contribution is 0.0696. The number of hydrogen-bond donors (Lipinski definition) is 1. The van der Waals surface area contributed by atoms with Crippen LogP contribution in [0.15, 0.2) is 12.1 Å². The molecule has 0 aliphatic carbocycles. The van der Waals surface area contributed by atoms with Crippen LogP contribution >= 0.6 is 11.3 Å². The average Bonchev–Trinajstić information content (AvgIpc) is 2.81.